The lowest BCUT2D eigenvalue weighted by Crippen LogP contribution is -2.42. The zero-order chi connectivity index (χ0) is 10.1. The maximum Gasteiger partial charge on any atom is 0.251 e. The summed E-state index contributed by atoms with van der Waals surface area (Å²) >= 11 is 0. The average Bonchev–Trinajstić information content (AvgIpc) is 2.08. The Labute approximate surface area is 81.8 Å². The minimum atomic E-state index is -1.53. The van der Waals surface area contributed by atoms with E-state index >= 15 is 0 Å². The third kappa shape index (κ3) is 2.21. The van der Waals surface area contributed by atoms with Gasteiger partial charge < -0.3 is 4.43 Å². The molecule has 0 spiro atoms. The van der Waals surface area contributed by atoms with E-state index in [9.17, 15) is 0 Å². The van der Waals surface area contributed by atoms with Gasteiger partial charge in [-0.3, -0.25) is 4.99 Å². The van der Waals surface area contributed by atoms with Crippen LogP contribution in [0.4, 0.5) is 0 Å². The molecule has 0 aliphatic carbocycles. The maximum atomic E-state index is 5.93. The zero-order valence-corrected chi connectivity index (χ0v) is 10.1. The van der Waals surface area contributed by atoms with Crippen LogP contribution in [0.5, 0.6) is 0 Å². The highest BCUT2D eigenvalue weighted by molar-refractivity contribution is 6.74. The van der Waals surface area contributed by atoms with Crippen LogP contribution in [0.1, 0.15) is 20.3 Å². The van der Waals surface area contributed by atoms with Crippen molar-refractivity contribution in [1.82, 2.24) is 0 Å². The normalized spacial score (nSPS) is 26.2. The molecule has 3 heteroatoms. The molecule has 0 fully saturated rings. The second kappa shape index (κ2) is 3.66. The highest BCUT2D eigenvalue weighted by Gasteiger charge is 2.36. The summed E-state index contributed by atoms with van der Waals surface area (Å²) in [7, 11) is -1.53. The van der Waals surface area contributed by atoms with Gasteiger partial charge in [-0.2, -0.15) is 0 Å². The van der Waals surface area contributed by atoms with Crippen LogP contribution in [0.2, 0.25) is 18.6 Å². The van der Waals surface area contributed by atoms with Gasteiger partial charge in [0.25, 0.3) is 8.32 Å². The SMILES string of the molecule is C=C(CC)C1=NCC(C)[Si](C)(C)O1. The molecule has 0 aromatic rings. The monoisotopic (exact) mass is 197 g/mol. The molecule has 1 unspecified atom stereocenters. The molecular formula is C10H19NOSi. The van der Waals surface area contributed by atoms with Crippen LogP contribution in [0.15, 0.2) is 17.1 Å². The van der Waals surface area contributed by atoms with Crippen LogP contribution >= 0.6 is 0 Å². The third-order valence-corrected chi connectivity index (χ3v) is 6.06. The van der Waals surface area contributed by atoms with E-state index in [1.807, 2.05) is 0 Å². The standard InChI is InChI=1S/C10H19NOSi/c1-6-8(2)10-11-7-9(3)13(4,5)12-10/h9H,2,6-7H2,1,3-5H3. The highest BCUT2D eigenvalue weighted by Crippen LogP contribution is 2.28. The first-order valence-corrected chi connectivity index (χ1v) is 7.87. The molecule has 0 aromatic carbocycles. The molecule has 0 radical (unpaired) electrons. The lowest BCUT2D eigenvalue weighted by molar-refractivity contribution is 0.495. The Morgan fingerprint density at radius 3 is 2.77 bits per heavy atom. The number of aliphatic imine (C=N–C) groups is 1. The second-order valence-electron chi connectivity index (χ2n) is 4.21. The molecule has 0 amide bonds. The van der Waals surface area contributed by atoms with Crippen LogP contribution in [0.3, 0.4) is 0 Å². The Hall–Kier alpha value is -0.573. The maximum absolute atomic E-state index is 5.93. The molecule has 0 saturated carbocycles. The van der Waals surface area contributed by atoms with Crippen molar-refractivity contribution in [3.63, 3.8) is 0 Å². The van der Waals surface area contributed by atoms with E-state index in [1.165, 1.54) is 0 Å². The van der Waals surface area contributed by atoms with E-state index in [1.54, 1.807) is 0 Å². The Bertz CT molecular complexity index is 245. The first-order valence-electron chi connectivity index (χ1n) is 4.89. The van der Waals surface area contributed by atoms with E-state index in [4.69, 9.17) is 4.43 Å². The highest BCUT2D eigenvalue weighted by atomic mass is 28.4. The van der Waals surface area contributed by atoms with Crippen molar-refractivity contribution in [3.05, 3.63) is 12.2 Å². The Morgan fingerprint density at radius 2 is 2.31 bits per heavy atom. The van der Waals surface area contributed by atoms with E-state index < -0.39 is 8.32 Å². The summed E-state index contributed by atoms with van der Waals surface area (Å²) in [5.74, 6) is 0.817. The molecule has 1 heterocycles. The molecule has 2 nitrogen and oxygen atoms in total. The summed E-state index contributed by atoms with van der Waals surface area (Å²) in [6, 6.07) is 0. The topological polar surface area (TPSA) is 21.6 Å². The van der Waals surface area contributed by atoms with Crippen molar-refractivity contribution in [3.8, 4) is 0 Å². The zero-order valence-electron chi connectivity index (χ0n) is 9.05. The van der Waals surface area contributed by atoms with Crippen molar-refractivity contribution in [1.29, 1.82) is 0 Å². The fourth-order valence-corrected chi connectivity index (χ4v) is 2.60. The van der Waals surface area contributed by atoms with Gasteiger partial charge in [0.1, 0.15) is 0 Å². The summed E-state index contributed by atoms with van der Waals surface area (Å²) in [4.78, 5) is 4.41. The van der Waals surface area contributed by atoms with E-state index in [2.05, 4.69) is 38.5 Å². The summed E-state index contributed by atoms with van der Waals surface area (Å²) in [5.41, 5.74) is 1.65. The largest absolute Gasteiger partial charge is 0.531 e. The number of hydrogen-bond acceptors (Lipinski definition) is 2. The second-order valence-corrected chi connectivity index (χ2v) is 8.61. The molecule has 13 heavy (non-hydrogen) atoms. The van der Waals surface area contributed by atoms with Gasteiger partial charge in [-0.05, 0) is 19.5 Å². The van der Waals surface area contributed by atoms with E-state index in [0.717, 1.165) is 24.4 Å². The average molecular weight is 197 g/mol. The lowest BCUT2D eigenvalue weighted by Gasteiger charge is -2.34. The molecule has 1 aliphatic rings. The molecule has 0 aromatic heterocycles. The van der Waals surface area contributed by atoms with E-state index in [0.29, 0.717) is 5.54 Å². The summed E-state index contributed by atoms with van der Waals surface area (Å²) in [5, 5.41) is 0. The molecule has 74 valence electrons. The summed E-state index contributed by atoms with van der Waals surface area (Å²) in [6.45, 7) is 13.7. The first-order chi connectivity index (χ1) is 5.97. The van der Waals surface area contributed by atoms with Crippen molar-refractivity contribution < 1.29 is 4.43 Å². The van der Waals surface area contributed by atoms with Crippen molar-refractivity contribution in [2.75, 3.05) is 6.54 Å². The van der Waals surface area contributed by atoms with Gasteiger partial charge in [-0.25, -0.2) is 0 Å². The predicted octanol–water partition coefficient (Wildman–Crippen LogP) is 2.98. The quantitative estimate of drug-likeness (QED) is 0.624. The Kier molecular flexibility index (Phi) is 2.96. The lowest BCUT2D eigenvalue weighted by atomic mass is 10.2. The van der Waals surface area contributed by atoms with Crippen molar-refractivity contribution in [2.45, 2.75) is 38.9 Å². The van der Waals surface area contributed by atoms with Gasteiger partial charge in [-0.1, -0.05) is 20.4 Å². The van der Waals surface area contributed by atoms with Gasteiger partial charge in [0.15, 0.2) is 5.90 Å². The summed E-state index contributed by atoms with van der Waals surface area (Å²) in [6.07, 6.45) is 0.928. The number of hydrogen-bond donors (Lipinski definition) is 0. The Morgan fingerprint density at radius 1 is 1.69 bits per heavy atom. The van der Waals surface area contributed by atoms with Crippen LogP contribution in [0, 0.1) is 0 Å². The fraction of sp³-hybridized carbons (Fsp3) is 0.700. The smallest absolute Gasteiger partial charge is 0.251 e. The Balaban J connectivity index is 2.77. The predicted molar refractivity (Wildman–Crippen MR) is 59.7 cm³/mol. The molecule has 1 rings (SSSR count). The van der Waals surface area contributed by atoms with Crippen molar-refractivity contribution >= 4 is 14.2 Å². The molecule has 1 atom stereocenters. The molecule has 0 N–H and O–H groups in total. The third-order valence-electron chi connectivity index (χ3n) is 2.78. The van der Waals surface area contributed by atoms with Crippen LogP contribution < -0.4 is 0 Å². The molecule has 1 aliphatic heterocycles. The van der Waals surface area contributed by atoms with Crippen molar-refractivity contribution in [2.24, 2.45) is 4.99 Å². The van der Waals surface area contributed by atoms with Gasteiger partial charge in [-0.15, -0.1) is 0 Å². The van der Waals surface area contributed by atoms with E-state index in [-0.39, 0.29) is 0 Å². The first kappa shape index (κ1) is 10.5. The van der Waals surface area contributed by atoms with Crippen LogP contribution in [0.25, 0.3) is 0 Å². The fourth-order valence-electron chi connectivity index (χ4n) is 1.16. The van der Waals surface area contributed by atoms with Gasteiger partial charge >= 0.3 is 0 Å². The van der Waals surface area contributed by atoms with Crippen LogP contribution in [-0.2, 0) is 4.43 Å². The number of nitrogens with zero attached hydrogens (tertiary/aromatic N) is 1. The van der Waals surface area contributed by atoms with Gasteiger partial charge in [0.05, 0.1) is 0 Å². The molecule has 0 saturated heterocycles. The number of rotatable bonds is 2. The van der Waals surface area contributed by atoms with Gasteiger partial charge in [0.2, 0.25) is 0 Å². The van der Waals surface area contributed by atoms with Gasteiger partial charge in [0, 0.05) is 17.7 Å². The molecular weight excluding hydrogens is 178 g/mol. The minimum Gasteiger partial charge on any atom is -0.531 e. The minimum absolute atomic E-state index is 0.612. The molecule has 0 bridgehead atoms. The summed E-state index contributed by atoms with van der Waals surface area (Å²) < 4.78 is 5.93. The van der Waals surface area contributed by atoms with Crippen LogP contribution in [-0.4, -0.2) is 20.8 Å².